The van der Waals surface area contributed by atoms with E-state index in [9.17, 15) is 4.79 Å². The number of nitrogens with two attached hydrogens (primary N) is 1. The Morgan fingerprint density at radius 3 is 2.65 bits per heavy atom. The second kappa shape index (κ2) is 4.75. The molecule has 2 aromatic rings. The minimum atomic E-state index is -0.109. The molecule has 1 aromatic carbocycles. The van der Waals surface area contributed by atoms with Crippen LogP contribution in [0.3, 0.4) is 0 Å². The average molecular weight is 232 g/mol. The summed E-state index contributed by atoms with van der Waals surface area (Å²) in [5, 5.41) is 6.47. The van der Waals surface area contributed by atoms with Crippen LogP contribution < -0.4 is 11.1 Å². The van der Waals surface area contributed by atoms with Crippen molar-refractivity contribution in [3.63, 3.8) is 0 Å². The van der Waals surface area contributed by atoms with Crippen LogP contribution in [0.25, 0.3) is 11.4 Å². The smallest absolute Gasteiger partial charge is 0.240 e. The number of hydrogen-bond acceptors (Lipinski definition) is 5. The van der Waals surface area contributed by atoms with Gasteiger partial charge in [0.25, 0.3) is 0 Å². The molecule has 0 atom stereocenters. The lowest BCUT2D eigenvalue weighted by Crippen LogP contribution is -2.05. The van der Waals surface area contributed by atoms with Crippen molar-refractivity contribution < 1.29 is 9.32 Å². The fraction of sp³-hybridized carbons (Fsp3) is 0.182. The van der Waals surface area contributed by atoms with Crippen molar-refractivity contribution in [3.8, 4) is 11.4 Å². The van der Waals surface area contributed by atoms with Crippen molar-refractivity contribution in [1.29, 1.82) is 0 Å². The van der Waals surface area contributed by atoms with Crippen molar-refractivity contribution in [1.82, 2.24) is 10.1 Å². The molecular weight excluding hydrogens is 220 g/mol. The molecule has 0 aliphatic carbocycles. The van der Waals surface area contributed by atoms with E-state index in [2.05, 4.69) is 15.5 Å². The molecule has 0 radical (unpaired) electrons. The summed E-state index contributed by atoms with van der Waals surface area (Å²) in [5.41, 5.74) is 6.91. The molecule has 88 valence electrons. The van der Waals surface area contributed by atoms with E-state index in [1.165, 1.54) is 6.92 Å². The molecule has 0 saturated heterocycles. The number of rotatable bonds is 3. The summed E-state index contributed by atoms with van der Waals surface area (Å²) in [6, 6.07) is 7.15. The van der Waals surface area contributed by atoms with Crippen LogP contribution in [-0.2, 0) is 11.3 Å². The Balaban J connectivity index is 2.19. The quantitative estimate of drug-likeness (QED) is 0.827. The van der Waals surface area contributed by atoms with E-state index >= 15 is 0 Å². The van der Waals surface area contributed by atoms with Crippen molar-refractivity contribution in [2.75, 3.05) is 5.32 Å². The molecular formula is C11H12N4O2. The number of carbonyl (C=O) groups excluding carboxylic acids is 1. The number of carbonyl (C=O) groups is 1. The monoisotopic (exact) mass is 232 g/mol. The zero-order chi connectivity index (χ0) is 12.3. The Morgan fingerprint density at radius 2 is 2.12 bits per heavy atom. The van der Waals surface area contributed by atoms with E-state index < -0.39 is 0 Å². The topological polar surface area (TPSA) is 94.0 Å². The van der Waals surface area contributed by atoms with E-state index in [0.717, 1.165) is 11.3 Å². The summed E-state index contributed by atoms with van der Waals surface area (Å²) in [6.07, 6.45) is 0. The molecule has 0 aliphatic heterocycles. The summed E-state index contributed by atoms with van der Waals surface area (Å²) in [5.74, 6) is 0.772. The maximum atomic E-state index is 10.8. The predicted octanol–water partition coefficient (Wildman–Crippen LogP) is 1.15. The number of nitrogens with one attached hydrogen (secondary N) is 1. The van der Waals surface area contributed by atoms with Gasteiger partial charge in [-0.25, -0.2) is 0 Å². The Hall–Kier alpha value is -2.21. The highest BCUT2D eigenvalue weighted by Gasteiger charge is 2.07. The number of amides is 1. The third kappa shape index (κ3) is 2.67. The first-order valence-electron chi connectivity index (χ1n) is 5.09. The lowest BCUT2D eigenvalue weighted by Gasteiger charge is -2.01. The zero-order valence-corrected chi connectivity index (χ0v) is 9.30. The molecule has 17 heavy (non-hydrogen) atoms. The van der Waals surface area contributed by atoms with Crippen LogP contribution in [0.15, 0.2) is 28.8 Å². The highest BCUT2D eigenvalue weighted by Crippen LogP contribution is 2.18. The van der Waals surface area contributed by atoms with Crippen molar-refractivity contribution in [2.24, 2.45) is 5.73 Å². The summed E-state index contributed by atoms with van der Waals surface area (Å²) in [6.45, 7) is 1.68. The van der Waals surface area contributed by atoms with Gasteiger partial charge in [-0.15, -0.1) is 0 Å². The van der Waals surface area contributed by atoms with Crippen LogP contribution in [0.1, 0.15) is 12.8 Å². The van der Waals surface area contributed by atoms with E-state index in [4.69, 9.17) is 10.3 Å². The van der Waals surface area contributed by atoms with Gasteiger partial charge in [-0.2, -0.15) is 4.98 Å². The molecule has 0 saturated carbocycles. The lowest BCUT2D eigenvalue weighted by molar-refractivity contribution is -0.114. The van der Waals surface area contributed by atoms with Gasteiger partial charge in [0.1, 0.15) is 0 Å². The molecule has 1 amide bonds. The van der Waals surface area contributed by atoms with Crippen LogP contribution in [-0.4, -0.2) is 16.0 Å². The van der Waals surface area contributed by atoms with Crippen LogP contribution in [0, 0.1) is 0 Å². The number of anilines is 1. The molecule has 1 aromatic heterocycles. The van der Waals surface area contributed by atoms with Gasteiger partial charge in [0.05, 0.1) is 6.54 Å². The molecule has 1 heterocycles. The second-order valence-electron chi connectivity index (χ2n) is 3.47. The number of benzene rings is 1. The average Bonchev–Trinajstić information content (AvgIpc) is 2.78. The first-order valence-corrected chi connectivity index (χ1v) is 5.09. The molecule has 0 unspecified atom stereocenters. The molecule has 3 N–H and O–H groups in total. The number of aromatic nitrogens is 2. The highest BCUT2D eigenvalue weighted by molar-refractivity contribution is 5.88. The minimum absolute atomic E-state index is 0.109. The van der Waals surface area contributed by atoms with Gasteiger partial charge in [0, 0.05) is 18.2 Å². The third-order valence-electron chi connectivity index (χ3n) is 2.11. The van der Waals surface area contributed by atoms with Crippen molar-refractivity contribution in [3.05, 3.63) is 30.2 Å². The molecule has 0 bridgehead atoms. The summed E-state index contributed by atoms with van der Waals surface area (Å²) < 4.78 is 4.91. The van der Waals surface area contributed by atoms with Crippen molar-refractivity contribution >= 4 is 11.6 Å². The first-order chi connectivity index (χ1) is 8.19. The normalized spacial score (nSPS) is 10.2. The maximum absolute atomic E-state index is 10.8. The Kier molecular flexibility index (Phi) is 3.15. The predicted molar refractivity (Wildman–Crippen MR) is 61.9 cm³/mol. The summed E-state index contributed by atoms with van der Waals surface area (Å²) in [4.78, 5) is 14.9. The van der Waals surface area contributed by atoms with Gasteiger partial charge >= 0.3 is 0 Å². The van der Waals surface area contributed by atoms with Gasteiger partial charge in [-0.3, -0.25) is 4.79 Å². The van der Waals surface area contributed by atoms with Crippen molar-refractivity contribution in [2.45, 2.75) is 13.5 Å². The van der Waals surface area contributed by atoms with Crippen LogP contribution in [0.5, 0.6) is 0 Å². The number of hydrogen-bond donors (Lipinski definition) is 2. The van der Waals surface area contributed by atoms with E-state index in [0.29, 0.717) is 11.7 Å². The van der Waals surface area contributed by atoms with E-state index in [-0.39, 0.29) is 12.5 Å². The highest BCUT2D eigenvalue weighted by atomic mass is 16.5. The number of nitrogens with zero attached hydrogens (tertiary/aromatic N) is 2. The maximum Gasteiger partial charge on any atom is 0.240 e. The van der Waals surface area contributed by atoms with Gasteiger partial charge in [0.2, 0.25) is 17.6 Å². The first kappa shape index (κ1) is 11.3. The Labute approximate surface area is 97.8 Å². The van der Waals surface area contributed by atoms with Gasteiger partial charge in [-0.1, -0.05) is 5.16 Å². The molecule has 2 rings (SSSR count). The van der Waals surface area contributed by atoms with Crippen LogP contribution in [0.2, 0.25) is 0 Å². The molecule has 6 heteroatoms. The fourth-order valence-electron chi connectivity index (χ4n) is 1.36. The van der Waals surface area contributed by atoms with Gasteiger partial charge in [0.15, 0.2) is 0 Å². The largest absolute Gasteiger partial charge is 0.338 e. The van der Waals surface area contributed by atoms with Gasteiger partial charge in [-0.05, 0) is 24.3 Å². The summed E-state index contributed by atoms with van der Waals surface area (Å²) in [7, 11) is 0. The SMILES string of the molecule is CC(=O)Nc1ccc(-c2noc(CN)n2)cc1. The van der Waals surface area contributed by atoms with Crippen LogP contribution in [0.4, 0.5) is 5.69 Å². The minimum Gasteiger partial charge on any atom is -0.338 e. The fourth-order valence-corrected chi connectivity index (χ4v) is 1.36. The lowest BCUT2D eigenvalue weighted by atomic mass is 10.2. The van der Waals surface area contributed by atoms with Crippen LogP contribution >= 0.6 is 0 Å². The molecule has 0 fully saturated rings. The Morgan fingerprint density at radius 1 is 1.41 bits per heavy atom. The van der Waals surface area contributed by atoms with Gasteiger partial charge < -0.3 is 15.6 Å². The standard InChI is InChI=1S/C11H12N4O2/c1-7(16)13-9-4-2-8(3-5-9)11-14-10(6-12)17-15-11/h2-5H,6,12H2,1H3,(H,13,16). The van der Waals surface area contributed by atoms with E-state index in [1.807, 2.05) is 0 Å². The molecule has 6 nitrogen and oxygen atoms in total. The molecule has 0 aliphatic rings. The zero-order valence-electron chi connectivity index (χ0n) is 9.30. The molecule has 0 spiro atoms. The summed E-state index contributed by atoms with van der Waals surface area (Å²) >= 11 is 0. The Bertz CT molecular complexity index is 519. The second-order valence-corrected chi connectivity index (χ2v) is 3.47. The third-order valence-corrected chi connectivity index (χ3v) is 2.11. The van der Waals surface area contributed by atoms with E-state index in [1.54, 1.807) is 24.3 Å².